The molecular weight excluding hydrogens is 445 g/mol. The molecule has 0 fully saturated rings. The van der Waals surface area contributed by atoms with E-state index in [-0.39, 0.29) is 0 Å². The van der Waals surface area contributed by atoms with Gasteiger partial charge in [0.2, 0.25) is 0 Å². The van der Waals surface area contributed by atoms with Gasteiger partial charge in [-0.2, -0.15) is 5.26 Å². The Kier molecular flexibility index (Phi) is 6.48. The molecule has 6 heteroatoms. The van der Waals surface area contributed by atoms with Crippen molar-refractivity contribution in [2.45, 2.75) is 33.3 Å². The van der Waals surface area contributed by atoms with Crippen molar-refractivity contribution in [3.05, 3.63) is 51.1 Å². The number of nitrogens with zero attached hydrogens (tertiary/aromatic N) is 1. The maximum absolute atomic E-state index is 12.0. The number of aryl methyl sites for hydroxylation is 1. The molecule has 0 N–H and O–H groups in total. The van der Waals surface area contributed by atoms with Gasteiger partial charge >= 0.3 is 5.97 Å². The second kappa shape index (κ2) is 8.41. The minimum absolute atomic E-state index is 0.304. The van der Waals surface area contributed by atoms with E-state index >= 15 is 0 Å². The molecule has 0 radical (unpaired) electrons. The summed E-state index contributed by atoms with van der Waals surface area (Å²) >= 11 is 2.14. The number of hydrogen-bond donors (Lipinski definition) is 0. The second-order valence-electron chi connectivity index (χ2n) is 6.15. The number of hydrogen-bond acceptors (Lipinski definition) is 5. The molecule has 0 heterocycles. The Bertz CT molecular complexity index is 855. The maximum Gasteiger partial charge on any atom is 0.349 e. The Morgan fingerprint density at radius 3 is 2.54 bits per heavy atom. The molecule has 136 valence electrons. The van der Waals surface area contributed by atoms with Crippen LogP contribution in [0.25, 0.3) is 0 Å². The number of carbonyl (C=O) groups excluding carboxylic acids is 1. The summed E-state index contributed by atoms with van der Waals surface area (Å²) in [5, 5.41) is 9.06. The Hall–Kier alpha value is -2.27. The largest absolute Gasteiger partial charge is 0.476 e. The van der Waals surface area contributed by atoms with Gasteiger partial charge in [-0.15, -0.1) is 0 Å². The highest BCUT2D eigenvalue weighted by molar-refractivity contribution is 14.1. The summed E-state index contributed by atoms with van der Waals surface area (Å²) in [5.74, 6) is 1.38. The van der Waals surface area contributed by atoms with Gasteiger partial charge in [-0.25, -0.2) is 4.79 Å². The van der Waals surface area contributed by atoms with Crippen molar-refractivity contribution in [2.75, 3.05) is 6.61 Å². The van der Waals surface area contributed by atoms with Crippen LogP contribution in [0.2, 0.25) is 0 Å². The zero-order valence-electron chi connectivity index (χ0n) is 15.1. The predicted octanol–water partition coefficient (Wildman–Crippen LogP) is 4.98. The Balaban J connectivity index is 2.18. The minimum atomic E-state index is -1.08. The fourth-order valence-corrected chi connectivity index (χ4v) is 2.89. The van der Waals surface area contributed by atoms with Crippen molar-refractivity contribution in [2.24, 2.45) is 0 Å². The van der Waals surface area contributed by atoms with Crippen molar-refractivity contribution < 1.29 is 19.0 Å². The average molecular weight is 465 g/mol. The number of benzene rings is 2. The van der Waals surface area contributed by atoms with E-state index in [1.165, 1.54) is 0 Å². The SMILES string of the molecule is CCOC(=O)C(C)(C)Oc1ccc(Oc2cc(I)cc(C#N)c2)cc1C. The van der Waals surface area contributed by atoms with Crippen LogP contribution in [0.15, 0.2) is 36.4 Å². The third-order valence-corrected chi connectivity index (χ3v) is 4.14. The third-order valence-electron chi connectivity index (χ3n) is 3.51. The topological polar surface area (TPSA) is 68.6 Å². The van der Waals surface area contributed by atoms with E-state index in [4.69, 9.17) is 19.5 Å². The summed E-state index contributed by atoms with van der Waals surface area (Å²) in [7, 11) is 0. The molecule has 0 unspecified atom stereocenters. The Morgan fingerprint density at radius 1 is 1.19 bits per heavy atom. The molecule has 0 amide bonds. The van der Waals surface area contributed by atoms with Crippen LogP contribution in [0.3, 0.4) is 0 Å². The normalized spacial score (nSPS) is 10.8. The van der Waals surface area contributed by atoms with E-state index in [9.17, 15) is 4.79 Å². The molecule has 26 heavy (non-hydrogen) atoms. The first-order valence-corrected chi connectivity index (χ1v) is 9.18. The zero-order chi connectivity index (χ0) is 19.3. The minimum Gasteiger partial charge on any atom is -0.476 e. The number of halogens is 1. The fourth-order valence-electron chi connectivity index (χ4n) is 2.24. The maximum atomic E-state index is 12.0. The summed E-state index contributed by atoms with van der Waals surface area (Å²) in [4.78, 5) is 12.0. The van der Waals surface area contributed by atoms with Crippen LogP contribution >= 0.6 is 22.6 Å². The molecule has 0 aliphatic rings. The van der Waals surface area contributed by atoms with Gasteiger partial charge in [-0.3, -0.25) is 0 Å². The van der Waals surface area contributed by atoms with Crippen LogP contribution in [0.1, 0.15) is 31.9 Å². The Labute approximate surface area is 167 Å². The smallest absolute Gasteiger partial charge is 0.349 e. The van der Waals surface area contributed by atoms with E-state index in [2.05, 4.69) is 28.7 Å². The summed E-state index contributed by atoms with van der Waals surface area (Å²) in [6.45, 7) is 7.28. The van der Waals surface area contributed by atoms with Crippen molar-refractivity contribution in [1.29, 1.82) is 5.26 Å². The van der Waals surface area contributed by atoms with Gasteiger partial charge in [-0.1, -0.05) is 0 Å². The molecule has 0 aliphatic carbocycles. The van der Waals surface area contributed by atoms with Gasteiger partial charge < -0.3 is 14.2 Å². The van der Waals surface area contributed by atoms with E-state index in [1.54, 1.807) is 45.0 Å². The molecule has 5 nitrogen and oxygen atoms in total. The standard InChI is InChI=1S/C20H20INO4/c1-5-24-19(23)20(3,4)26-18-7-6-16(8-13(18)2)25-17-10-14(12-22)9-15(21)11-17/h6-11H,5H2,1-4H3. The number of nitriles is 1. The van der Waals surface area contributed by atoms with Crippen molar-refractivity contribution in [3.63, 3.8) is 0 Å². The molecular formula is C20H20INO4. The van der Waals surface area contributed by atoms with E-state index in [0.717, 1.165) is 9.13 Å². The number of rotatable bonds is 6. The van der Waals surface area contributed by atoms with Crippen LogP contribution in [0.4, 0.5) is 0 Å². The summed E-state index contributed by atoms with van der Waals surface area (Å²) in [6.07, 6.45) is 0. The Morgan fingerprint density at radius 2 is 1.92 bits per heavy atom. The van der Waals surface area contributed by atoms with Gasteiger partial charge in [0.15, 0.2) is 5.60 Å². The average Bonchev–Trinajstić information content (AvgIpc) is 2.57. The molecule has 0 aliphatic heterocycles. The number of esters is 1. The highest BCUT2D eigenvalue weighted by atomic mass is 127. The lowest BCUT2D eigenvalue weighted by Gasteiger charge is -2.25. The summed E-state index contributed by atoms with van der Waals surface area (Å²) in [5.41, 5.74) is 0.284. The lowest BCUT2D eigenvalue weighted by Crippen LogP contribution is -2.39. The first-order chi connectivity index (χ1) is 12.2. The molecule has 0 spiro atoms. The van der Waals surface area contributed by atoms with E-state index < -0.39 is 11.6 Å². The van der Waals surface area contributed by atoms with Gasteiger partial charge in [0, 0.05) is 3.57 Å². The summed E-state index contributed by atoms with van der Waals surface area (Å²) in [6, 6.07) is 12.8. The van der Waals surface area contributed by atoms with Crippen molar-refractivity contribution >= 4 is 28.6 Å². The molecule has 0 saturated heterocycles. The fraction of sp³-hybridized carbons (Fsp3) is 0.300. The second-order valence-corrected chi connectivity index (χ2v) is 7.40. The van der Waals surface area contributed by atoms with E-state index in [1.807, 2.05) is 19.1 Å². The highest BCUT2D eigenvalue weighted by Gasteiger charge is 2.32. The van der Waals surface area contributed by atoms with Crippen LogP contribution in [0.5, 0.6) is 17.2 Å². The van der Waals surface area contributed by atoms with Gasteiger partial charge in [0.05, 0.1) is 18.2 Å². The highest BCUT2D eigenvalue weighted by Crippen LogP contribution is 2.30. The quantitative estimate of drug-likeness (QED) is 0.445. The first kappa shape index (κ1) is 20.0. The molecule has 0 atom stereocenters. The van der Waals surface area contributed by atoms with Crippen molar-refractivity contribution in [3.8, 4) is 23.3 Å². The lowest BCUT2D eigenvalue weighted by molar-refractivity contribution is -0.158. The molecule has 2 aromatic carbocycles. The molecule has 0 bridgehead atoms. The molecule has 0 aromatic heterocycles. The number of carbonyl (C=O) groups is 1. The third kappa shape index (κ3) is 5.11. The lowest BCUT2D eigenvalue weighted by atomic mass is 10.1. The molecule has 0 saturated carbocycles. The predicted molar refractivity (Wildman–Crippen MR) is 106 cm³/mol. The van der Waals surface area contributed by atoms with Crippen LogP contribution in [-0.2, 0) is 9.53 Å². The summed E-state index contributed by atoms with van der Waals surface area (Å²) < 4.78 is 17.6. The molecule has 2 aromatic rings. The van der Waals surface area contributed by atoms with Crippen LogP contribution in [-0.4, -0.2) is 18.2 Å². The number of ether oxygens (including phenoxy) is 3. The van der Waals surface area contributed by atoms with Crippen LogP contribution in [0, 0.1) is 21.8 Å². The van der Waals surface area contributed by atoms with E-state index in [0.29, 0.717) is 29.4 Å². The first-order valence-electron chi connectivity index (χ1n) is 8.10. The monoisotopic (exact) mass is 465 g/mol. The van der Waals surface area contributed by atoms with Gasteiger partial charge in [0.1, 0.15) is 17.2 Å². The zero-order valence-corrected chi connectivity index (χ0v) is 17.3. The van der Waals surface area contributed by atoms with Gasteiger partial charge in [0.25, 0.3) is 0 Å². The van der Waals surface area contributed by atoms with Gasteiger partial charge in [-0.05, 0) is 92.2 Å². The van der Waals surface area contributed by atoms with Crippen LogP contribution < -0.4 is 9.47 Å². The molecule has 2 rings (SSSR count). The van der Waals surface area contributed by atoms with Crippen molar-refractivity contribution in [1.82, 2.24) is 0 Å².